The van der Waals surface area contributed by atoms with Crippen LogP contribution in [0.4, 0.5) is 13.2 Å². The average Bonchev–Trinajstić information content (AvgIpc) is 2.00. The normalized spacial score (nSPS) is 12.3. The average molecular weight is 231 g/mol. The molecule has 5 nitrogen and oxygen atoms in total. The highest BCUT2D eigenvalue weighted by atomic mass is 19.4. The van der Waals surface area contributed by atoms with Crippen molar-refractivity contribution in [3.8, 4) is 0 Å². The molecule has 0 aliphatic heterocycles. The van der Waals surface area contributed by atoms with E-state index in [1.807, 2.05) is 0 Å². The number of alkyl halides is 3. The van der Waals surface area contributed by atoms with E-state index in [1.165, 1.54) is 0 Å². The second-order valence-electron chi connectivity index (χ2n) is 2.71. The first-order valence-corrected chi connectivity index (χ1v) is 3.84. The van der Waals surface area contributed by atoms with Gasteiger partial charge in [-0.25, -0.2) is 4.79 Å². The van der Waals surface area contributed by atoms with E-state index in [4.69, 9.17) is 20.7 Å². The lowest BCUT2D eigenvalue weighted by molar-refractivity contribution is -0.192. The number of halogens is 3. The summed E-state index contributed by atoms with van der Waals surface area (Å²) in [6.45, 7) is 1.79. The van der Waals surface area contributed by atoms with E-state index in [0.717, 1.165) is 0 Å². The van der Waals surface area contributed by atoms with Crippen LogP contribution in [0, 0.1) is 0 Å². The topological polar surface area (TPSA) is 101 Å². The molecule has 0 fully saturated rings. The minimum Gasteiger partial charge on any atom is -0.481 e. The number of aliphatic carboxylic acids is 2. The van der Waals surface area contributed by atoms with Gasteiger partial charge in [-0.2, -0.15) is 13.2 Å². The van der Waals surface area contributed by atoms with E-state index in [1.54, 1.807) is 6.92 Å². The summed E-state index contributed by atoms with van der Waals surface area (Å²) in [6, 6.07) is 0.00565. The zero-order chi connectivity index (χ0) is 12.6. The standard InChI is InChI=1S/C5H11NO2.C2HF3O2/c1-4(6)2-3-5(7)8;3-2(4,5)1(6)7/h4H,2-3,6H2,1H3,(H,7,8);(H,6,7). The van der Waals surface area contributed by atoms with Crippen molar-refractivity contribution in [1.29, 1.82) is 0 Å². The number of carboxylic acid groups (broad SMARTS) is 2. The Morgan fingerprint density at radius 1 is 1.33 bits per heavy atom. The number of rotatable bonds is 3. The van der Waals surface area contributed by atoms with E-state index >= 15 is 0 Å². The van der Waals surface area contributed by atoms with E-state index in [0.29, 0.717) is 6.42 Å². The van der Waals surface area contributed by atoms with Crippen LogP contribution in [0.1, 0.15) is 19.8 Å². The zero-order valence-corrected chi connectivity index (χ0v) is 7.91. The molecular weight excluding hydrogens is 219 g/mol. The summed E-state index contributed by atoms with van der Waals surface area (Å²) in [5.41, 5.74) is 5.28. The predicted octanol–water partition coefficient (Wildman–Crippen LogP) is 0.832. The third-order valence-electron chi connectivity index (χ3n) is 1.06. The van der Waals surface area contributed by atoms with Gasteiger partial charge in [0.15, 0.2) is 0 Å². The molecule has 0 aromatic carbocycles. The monoisotopic (exact) mass is 231 g/mol. The van der Waals surface area contributed by atoms with Gasteiger partial charge in [0.1, 0.15) is 0 Å². The van der Waals surface area contributed by atoms with Crippen molar-refractivity contribution in [3.05, 3.63) is 0 Å². The lowest BCUT2D eigenvalue weighted by Gasteiger charge is -1.98. The summed E-state index contributed by atoms with van der Waals surface area (Å²) < 4.78 is 31.7. The van der Waals surface area contributed by atoms with Crippen molar-refractivity contribution in [2.24, 2.45) is 5.73 Å². The zero-order valence-electron chi connectivity index (χ0n) is 7.91. The highest BCUT2D eigenvalue weighted by Gasteiger charge is 2.38. The molecule has 0 rings (SSSR count). The fourth-order valence-electron chi connectivity index (χ4n) is 0.351. The van der Waals surface area contributed by atoms with Crippen LogP contribution in [0.5, 0.6) is 0 Å². The summed E-state index contributed by atoms with van der Waals surface area (Å²) >= 11 is 0. The molecule has 0 saturated heterocycles. The minimum atomic E-state index is -5.08. The van der Waals surface area contributed by atoms with Gasteiger partial charge >= 0.3 is 18.1 Å². The van der Waals surface area contributed by atoms with Gasteiger partial charge < -0.3 is 15.9 Å². The summed E-state index contributed by atoms with van der Waals surface area (Å²) in [5.74, 6) is -3.53. The molecule has 15 heavy (non-hydrogen) atoms. The van der Waals surface area contributed by atoms with Gasteiger partial charge in [0.2, 0.25) is 0 Å². The van der Waals surface area contributed by atoms with E-state index < -0.39 is 18.1 Å². The van der Waals surface area contributed by atoms with Crippen molar-refractivity contribution < 1.29 is 33.0 Å². The van der Waals surface area contributed by atoms with E-state index in [-0.39, 0.29) is 12.5 Å². The molecule has 0 heterocycles. The number of nitrogens with two attached hydrogens (primary N) is 1. The highest BCUT2D eigenvalue weighted by molar-refractivity contribution is 5.73. The lowest BCUT2D eigenvalue weighted by atomic mass is 10.2. The summed E-state index contributed by atoms with van der Waals surface area (Å²) in [6.07, 6.45) is -4.34. The van der Waals surface area contributed by atoms with Gasteiger partial charge in [-0.05, 0) is 13.3 Å². The van der Waals surface area contributed by atoms with Gasteiger partial charge in [-0.1, -0.05) is 0 Å². The van der Waals surface area contributed by atoms with Gasteiger partial charge in [-0.15, -0.1) is 0 Å². The molecule has 0 aromatic rings. The van der Waals surface area contributed by atoms with Gasteiger partial charge in [0, 0.05) is 12.5 Å². The number of carbonyl (C=O) groups is 2. The van der Waals surface area contributed by atoms with E-state index in [2.05, 4.69) is 0 Å². The Kier molecular flexibility index (Phi) is 7.58. The smallest absolute Gasteiger partial charge is 0.481 e. The molecule has 0 amide bonds. The predicted molar refractivity (Wildman–Crippen MR) is 44.2 cm³/mol. The van der Waals surface area contributed by atoms with Gasteiger partial charge in [0.25, 0.3) is 0 Å². The molecule has 0 aromatic heterocycles. The third kappa shape index (κ3) is 15.4. The molecule has 90 valence electrons. The van der Waals surface area contributed by atoms with E-state index in [9.17, 15) is 18.0 Å². The lowest BCUT2D eigenvalue weighted by Crippen LogP contribution is -2.21. The van der Waals surface area contributed by atoms with Crippen molar-refractivity contribution in [2.45, 2.75) is 32.0 Å². The second kappa shape index (κ2) is 7.04. The Balaban J connectivity index is 0. The SMILES string of the molecule is CC(N)CCC(=O)O.O=C(O)C(F)(F)F. The Morgan fingerprint density at radius 2 is 1.67 bits per heavy atom. The van der Waals surface area contributed by atoms with Crippen LogP contribution < -0.4 is 5.73 Å². The van der Waals surface area contributed by atoms with Crippen molar-refractivity contribution >= 4 is 11.9 Å². The van der Waals surface area contributed by atoms with Crippen molar-refractivity contribution in [2.75, 3.05) is 0 Å². The van der Waals surface area contributed by atoms with Crippen LogP contribution in [0.15, 0.2) is 0 Å². The van der Waals surface area contributed by atoms with Gasteiger partial charge in [-0.3, -0.25) is 4.79 Å². The molecule has 0 bridgehead atoms. The quantitative estimate of drug-likeness (QED) is 0.667. The third-order valence-corrected chi connectivity index (χ3v) is 1.06. The minimum absolute atomic E-state index is 0.00565. The summed E-state index contributed by atoms with van der Waals surface area (Å²) in [7, 11) is 0. The molecule has 0 saturated carbocycles. The largest absolute Gasteiger partial charge is 0.490 e. The van der Waals surface area contributed by atoms with Crippen molar-refractivity contribution in [3.63, 3.8) is 0 Å². The Hall–Kier alpha value is -1.31. The second-order valence-corrected chi connectivity index (χ2v) is 2.71. The fourth-order valence-corrected chi connectivity index (χ4v) is 0.351. The molecule has 8 heteroatoms. The van der Waals surface area contributed by atoms with Gasteiger partial charge in [0.05, 0.1) is 0 Å². The summed E-state index contributed by atoms with van der Waals surface area (Å²) in [5, 5.41) is 15.2. The Labute approximate surface area is 83.7 Å². The fraction of sp³-hybridized carbons (Fsp3) is 0.714. The molecule has 0 aliphatic carbocycles. The number of hydrogen-bond acceptors (Lipinski definition) is 3. The van der Waals surface area contributed by atoms with Crippen molar-refractivity contribution in [1.82, 2.24) is 0 Å². The highest BCUT2D eigenvalue weighted by Crippen LogP contribution is 2.13. The molecule has 1 unspecified atom stereocenters. The maximum Gasteiger partial charge on any atom is 0.490 e. The van der Waals surface area contributed by atoms with Crippen LogP contribution in [-0.4, -0.2) is 34.4 Å². The molecular formula is C7H12F3NO4. The van der Waals surface area contributed by atoms with Crippen LogP contribution in [0.3, 0.4) is 0 Å². The summed E-state index contributed by atoms with van der Waals surface area (Å²) in [4.78, 5) is 18.7. The Bertz CT molecular complexity index is 215. The first-order valence-electron chi connectivity index (χ1n) is 3.84. The van der Waals surface area contributed by atoms with Crippen LogP contribution in [0.25, 0.3) is 0 Å². The first-order chi connectivity index (χ1) is 6.57. The van der Waals surface area contributed by atoms with Crippen LogP contribution in [0.2, 0.25) is 0 Å². The first kappa shape index (κ1) is 16.1. The molecule has 4 N–H and O–H groups in total. The molecule has 0 radical (unpaired) electrons. The number of carboxylic acids is 2. The molecule has 0 aliphatic rings. The molecule has 1 atom stereocenters. The number of hydrogen-bond donors (Lipinski definition) is 3. The van der Waals surface area contributed by atoms with Crippen LogP contribution >= 0.6 is 0 Å². The molecule has 0 spiro atoms. The maximum atomic E-state index is 10.6. The Morgan fingerprint density at radius 3 is 1.73 bits per heavy atom. The van der Waals surface area contributed by atoms with Crippen LogP contribution in [-0.2, 0) is 9.59 Å². The maximum absolute atomic E-state index is 10.6.